The van der Waals surface area contributed by atoms with E-state index in [9.17, 15) is 8.42 Å². The van der Waals surface area contributed by atoms with Crippen molar-refractivity contribution in [2.75, 3.05) is 20.2 Å². The Kier molecular flexibility index (Phi) is 5.32. The van der Waals surface area contributed by atoms with Crippen LogP contribution in [0.5, 0.6) is 11.6 Å². The van der Waals surface area contributed by atoms with E-state index in [1.165, 1.54) is 35.8 Å². The summed E-state index contributed by atoms with van der Waals surface area (Å²) in [6.07, 6.45) is 1.64. The molecule has 2 aromatic rings. The van der Waals surface area contributed by atoms with Crippen LogP contribution in [0.3, 0.4) is 0 Å². The highest BCUT2D eigenvalue weighted by Crippen LogP contribution is 2.31. The fourth-order valence-corrected chi connectivity index (χ4v) is 4.62. The summed E-state index contributed by atoms with van der Waals surface area (Å²) in [5.41, 5.74) is 0.432. The Balaban J connectivity index is 1.77. The second-order valence-corrected chi connectivity index (χ2v) is 8.02. The summed E-state index contributed by atoms with van der Waals surface area (Å²) in [6.45, 7) is 0.483. The molecule has 0 spiro atoms. The molecule has 1 saturated heterocycles. The van der Waals surface area contributed by atoms with Crippen LogP contribution in [-0.4, -0.2) is 44.0 Å². The third-order valence-corrected chi connectivity index (χ3v) is 6.12. The maximum absolute atomic E-state index is 12.9. The molecule has 1 aliphatic rings. The summed E-state index contributed by atoms with van der Waals surface area (Å²) in [5.74, 6) is 0.538. The molecule has 0 aliphatic carbocycles. The summed E-state index contributed by atoms with van der Waals surface area (Å²) in [5, 5.41) is 9.24. The Hall–Kier alpha value is -2.34. The number of benzene rings is 1. The van der Waals surface area contributed by atoms with Crippen LogP contribution in [0, 0.1) is 11.3 Å². The number of halogens is 1. The van der Waals surface area contributed by atoms with Crippen LogP contribution in [0.25, 0.3) is 0 Å². The Morgan fingerprint density at radius 3 is 2.88 bits per heavy atom. The van der Waals surface area contributed by atoms with Gasteiger partial charge in [-0.2, -0.15) is 9.57 Å². The van der Waals surface area contributed by atoms with Gasteiger partial charge in [0.2, 0.25) is 15.9 Å². The zero-order valence-corrected chi connectivity index (χ0v) is 15.5. The summed E-state index contributed by atoms with van der Waals surface area (Å²) in [4.78, 5) is 4.08. The van der Waals surface area contributed by atoms with E-state index in [0.29, 0.717) is 29.4 Å². The van der Waals surface area contributed by atoms with E-state index in [1.807, 2.05) is 6.07 Å². The molecule has 0 radical (unpaired) electrons. The first-order chi connectivity index (χ1) is 12.4. The molecule has 0 amide bonds. The molecule has 0 N–H and O–H groups in total. The lowest BCUT2D eigenvalue weighted by molar-refractivity contribution is 0.207. The van der Waals surface area contributed by atoms with E-state index in [2.05, 4.69) is 4.98 Å². The average Bonchev–Trinajstić information content (AvgIpc) is 3.11. The molecule has 3 rings (SSSR count). The van der Waals surface area contributed by atoms with Gasteiger partial charge in [-0.25, -0.2) is 13.4 Å². The second-order valence-electron chi connectivity index (χ2n) is 5.68. The van der Waals surface area contributed by atoms with Gasteiger partial charge in [0.05, 0.1) is 25.3 Å². The Bertz CT molecular complexity index is 959. The number of sulfonamides is 1. The Morgan fingerprint density at radius 1 is 1.35 bits per heavy atom. The minimum Gasteiger partial charge on any atom is -0.495 e. The van der Waals surface area contributed by atoms with Gasteiger partial charge in [-0.05, 0) is 30.7 Å². The molecule has 0 bridgehead atoms. The fraction of sp³-hybridized carbons (Fsp3) is 0.294. The van der Waals surface area contributed by atoms with Crippen molar-refractivity contribution in [1.29, 1.82) is 5.26 Å². The highest BCUT2D eigenvalue weighted by Gasteiger charge is 2.35. The standard InChI is InChI=1S/C17H16ClN3O4S/c1-24-15-3-2-13(18)9-16(15)26(22,23)21-7-5-14(11-21)25-17-8-12(10-19)4-6-20-17/h2-4,6,8-9,14H,5,7,11H2,1H3. The van der Waals surface area contributed by atoms with Crippen molar-refractivity contribution < 1.29 is 17.9 Å². The number of hydrogen-bond acceptors (Lipinski definition) is 6. The van der Waals surface area contributed by atoms with E-state index in [1.54, 1.807) is 12.1 Å². The molecule has 1 aromatic heterocycles. The van der Waals surface area contributed by atoms with Crippen molar-refractivity contribution in [3.8, 4) is 17.7 Å². The van der Waals surface area contributed by atoms with Crippen LogP contribution in [0.4, 0.5) is 0 Å². The average molecular weight is 394 g/mol. The van der Waals surface area contributed by atoms with Gasteiger partial charge in [0, 0.05) is 23.8 Å². The Labute approximate surface area is 156 Å². The molecule has 1 aromatic carbocycles. The number of nitriles is 1. The Morgan fingerprint density at radius 2 is 2.15 bits per heavy atom. The van der Waals surface area contributed by atoms with E-state index in [4.69, 9.17) is 26.3 Å². The maximum atomic E-state index is 12.9. The van der Waals surface area contributed by atoms with Crippen molar-refractivity contribution in [2.45, 2.75) is 17.4 Å². The first-order valence-electron chi connectivity index (χ1n) is 7.80. The zero-order valence-electron chi connectivity index (χ0n) is 13.9. The van der Waals surface area contributed by atoms with Crippen molar-refractivity contribution in [3.05, 3.63) is 47.1 Å². The van der Waals surface area contributed by atoms with Gasteiger partial charge in [-0.3, -0.25) is 0 Å². The van der Waals surface area contributed by atoms with E-state index < -0.39 is 10.0 Å². The molecule has 9 heteroatoms. The lowest BCUT2D eigenvalue weighted by Crippen LogP contribution is -2.31. The van der Waals surface area contributed by atoms with Gasteiger partial charge in [0.25, 0.3) is 0 Å². The number of aromatic nitrogens is 1. The molecule has 1 unspecified atom stereocenters. The highest BCUT2D eigenvalue weighted by molar-refractivity contribution is 7.89. The second kappa shape index (κ2) is 7.50. The molecule has 0 saturated carbocycles. The first kappa shape index (κ1) is 18.5. The third-order valence-electron chi connectivity index (χ3n) is 4.00. The van der Waals surface area contributed by atoms with Gasteiger partial charge in [-0.1, -0.05) is 11.6 Å². The molecule has 1 aliphatic heterocycles. The number of methoxy groups -OCH3 is 1. The minimum absolute atomic E-state index is 0.0257. The highest BCUT2D eigenvalue weighted by atomic mass is 35.5. The minimum atomic E-state index is -3.77. The van der Waals surface area contributed by atoms with Crippen LogP contribution in [0.15, 0.2) is 41.4 Å². The fourth-order valence-electron chi connectivity index (χ4n) is 2.72. The summed E-state index contributed by atoms with van der Waals surface area (Å²) >= 11 is 5.95. The van der Waals surface area contributed by atoms with Crippen molar-refractivity contribution in [3.63, 3.8) is 0 Å². The molecule has 1 fully saturated rings. The topological polar surface area (TPSA) is 92.5 Å². The van der Waals surface area contributed by atoms with Crippen LogP contribution >= 0.6 is 11.6 Å². The predicted molar refractivity (Wildman–Crippen MR) is 94.7 cm³/mol. The van der Waals surface area contributed by atoms with Gasteiger partial charge in [-0.15, -0.1) is 0 Å². The van der Waals surface area contributed by atoms with Crippen molar-refractivity contribution >= 4 is 21.6 Å². The molecule has 136 valence electrons. The smallest absolute Gasteiger partial charge is 0.246 e. The normalized spacial score (nSPS) is 17.7. The number of ether oxygens (including phenoxy) is 2. The quantitative estimate of drug-likeness (QED) is 0.774. The number of hydrogen-bond donors (Lipinski definition) is 0. The molecular formula is C17H16ClN3O4S. The molecular weight excluding hydrogens is 378 g/mol. The summed E-state index contributed by atoms with van der Waals surface area (Å²) < 4.78 is 38.1. The van der Waals surface area contributed by atoms with Crippen LogP contribution in [0.1, 0.15) is 12.0 Å². The molecule has 26 heavy (non-hydrogen) atoms. The predicted octanol–water partition coefficient (Wildman–Crippen LogP) is 2.46. The summed E-state index contributed by atoms with van der Waals surface area (Å²) in [6, 6.07) is 9.58. The van der Waals surface area contributed by atoms with E-state index in [-0.39, 0.29) is 23.3 Å². The van der Waals surface area contributed by atoms with Crippen LogP contribution < -0.4 is 9.47 Å². The molecule has 1 atom stereocenters. The lowest BCUT2D eigenvalue weighted by atomic mass is 10.3. The number of nitrogens with zero attached hydrogens (tertiary/aromatic N) is 3. The van der Waals surface area contributed by atoms with Crippen molar-refractivity contribution in [1.82, 2.24) is 9.29 Å². The van der Waals surface area contributed by atoms with Crippen molar-refractivity contribution in [2.24, 2.45) is 0 Å². The molecule has 2 heterocycles. The largest absolute Gasteiger partial charge is 0.495 e. The number of pyridine rings is 1. The van der Waals surface area contributed by atoms with E-state index in [0.717, 1.165) is 0 Å². The zero-order chi connectivity index (χ0) is 18.7. The monoisotopic (exact) mass is 393 g/mol. The third kappa shape index (κ3) is 3.75. The lowest BCUT2D eigenvalue weighted by Gasteiger charge is -2.18. The van der Waals surface area contributed by atoms with E-state index >= 15 is 0 Å². The maximum Gasteiger partial charge on any atom is 0.246 e. The summed E-state index contributed by atoms with van der Waals surface area (Å²) in [7, 11) is -2.36. The van der Waals surface area contributed by atoms with Crippen LogP contribution in [0.2, 0.25) is 5.02 Å². The SMILES string of the molecule is COc1ccc(Cl)cc1S(=O)(=O)N1CCC(Oc2cc(C#N)ccn2)C1. The van der Waals surface area contributed by atoms with Crippen LogP contribution in [-0.2, 0) is 10.0 Å². The number of rotatable bonds is 5. The van der Waals surface area contributed by atoms with Gasteiger partial charge in [0.1, 0.15) is 16.7 Å². The molecule has 7 nitrogen and oxygen atoms in total. The first-order valence-corrected chi connectivity index (χ1v) is 9.62. The van der Waals surface area contributed by atoms with Gasteiger partial charge < -0.3 is 9.47 Å². The van der Waals surface area contributed by atoms with Gasteiger partial charge in [0.15, 0.2) is 0 Å². The van der Waals surface area contributed by atoms with Gasteiger partial charge >= 0.3 is 0 Å².